The Morgan fingerprint density at radius 3 is 2.52 bits per heavy atom. The fourth-order valence-corrected chi connectivity index (χ4v) is 4.14. The second kappa shape index (κ2) is 8.56. The fourth-order valence-electron chi connectivity index (χ4n) is 4.14. The SMILES string of the molecule is O=C(Nc1ccncc1)c1cccc2ccc(-c3cccc(N4CCCCC4)c3)nc12. The Kier molecular flexibility index (Phi) is 5.31. The summed E-state index contributed by atoms with van der Waals surface area (Å²) in [5.74, 6) is -0.177. The van der Waals surface area contributed by atoms with Crippen molar-refractivity contribution in [1.82, 2.24) is 9.97 Å². The number of hydrogen-bond acceptors (Lipinski definition) is 4. The highest BCUT2D eigenvalue weighted by molar-refractivity contribution is 6.12. The molecular weight excluding hydrogens is 384 g/mol. The minimum Gasteiger partial charge on any atom is -0.372 e. The van der Waals surface area contributed by atoms with Crippen LogP contribution >= 0.6 is 0 Å². The monoisotopic (exact) mass is 408 g/mol. The molecule has 0 bridgehead atoms. The van der Waals surface area contributed by atoms with Crippen LogP contribution in [-0.4, -0.2) is 29.0 Å². The normalized spacial score (nSPS) is 13.9. The molecule has 5 heteroatoms. The number of aromatic nitrogens is 2. The van der Waals surface area contributed by atoms with Crippen molar-refractivity contribution in [3.05, 3.63) is 84.7 Å². The van der Waals surface area contributed by atoms with E-state index >= 15 is 0 Å². The molecule has 0 saturated carbocycles. The van der Waals surface area contributed by atoms with E-state index in [1.54, 1.807) is 24.5 Å². The second-order valence-electron chi connectivity index (χ2n) is 7.86. The molecule has 5 nitrogen and oxygen atoms in total. The zero-order valence-corrected chi connectivity index (χ0v) is 17.3. The van der Waals surface area contributed by atoms with E-state index in [0.717, 1.165) is 29.7 Å². The van der Waals surface area contributed by atoms with Gasteiger partial charge in [0.15, 0.2) is 0 Å². The third kappa shape index (κ3) is 4.12. The number of amides is 1. The van der Waals surface area contributed by atoms with Crippen LogP contribution < -0.4 is 10.2 Å². The Bertz CT molecular complexity index is 1220. The van der Waals surface area contributed by atoms with Gasteiger partial charge in [0.2, 0.25) is 0 Å². The summed E-state index contributed by atoms with van der Waals surface area (Å²) >= 11 is 0. The molecule has 1 saturated heterocycles. The van der Waals surface area contributed by atoms with Gasteiger partial charge < -0.3 is 10.2 Å². The number of para-hydroxylation sites is 1. The maximum Gasteiger partial charge on any atom is 0.257 e. The number of anilines is 2. The van der Waals surface area contributed by atoms with E-state index < -0.39 is 0 Å². The van der Waals surface area contributed by atoms with Crippen LogP contribution in [0.5, 0.6) is 0 Å². The van der Waals surface area contributed by atoms with Crippen molar-refractivity contribution >= 4 is 28.2 Å². The van der Waals surface area contributed by atoms with Crippen LogP contribution in [0.2, 0.25) is 0 Å². The maximum atomic E-state index is 13.0. The Balaban J connectivity index is 1.50. The number of carbonyl (C=O) groups excluding carboxylic acids is 1. The first kappa shape index (κ1) is 19.2. The highest BCUT2D eigenvalue weighted by atomic mass is 16.1. The molecule has 1 aliphatic rings. The summed E-state index contributed by atoms with van der Waals surface area (Å²) in [6.45, 7) is 2.21. The Hall–Kier alpha value is -3.73. The molecule has 0 spiro atoms. The summed E-state index contributed by atoms with van der Waals surface area (Å²) < 4.78 is 0. The summed E-state index contributed by atoms with van der Waals surface area (Å²) in [4.78, 5) is 24.3. The zero-order chi connectivity index (χ0) is 21.0. The minimum absolute atomic E-state index is 0.177. The first-order chi connectivity index (χ1) is 15.3. The molecule has 0 atom stereocenters. The molecule has 5 rings (SSSR count). The lowest BCUT2D eigenvalue weighted by molar-refractivity contribution is 0.102. The van der Waals surface area contributed by atoms with Crippen LogP contribution in [-0.2, 0) is 0 Å². The Labute approximate surface area is 181 Å². The summed E-state index contributed by atoms with van der Waals surface area (Å²) in [7, 11) is 0. The fraction of sp³-hybridized carbons (Fsp3) is 0.192. The predicted octanol–water partition coefficient (Wildman–Crippen LogP) is 5.54. The smallest absolute Gasteiger partial charge is 0.257 e. The van der Waals surface area contributed by atoms with E-state index in [9.17, 15) is 4.79 Å². The molecule has 3 heterocycles. The number of nitrogens with zero attached hydrogens (tertiary/aromatic N) is 3. The van der Waals surface area contributed by atoms with Crippen molar-refractivity contribution in [1.29, 1.82) is 0 Å². The molecule has 4 aromatic rings. The number of benzene rings is 2. The molecule has 31 heavy (non-hydrogen) atoms. The maximum absolute atomic E-state index is 13.0. The van der Waals surface area contributed by atoms with Gasteiger partial charge in [-0.3, -0.25) is 9.78 Å². The van der Waals surface area contributed by atoms with Crippen molar-refractivity contribution in [2.75, 3.05) is 23.3 Å². The molecule has 1 aliphatic heterocycles. The van der Waals surface area contributed by atoms with Gasteiger partial charge in [0, 0.05) is 47.8 Å². The number of hydrogen-bond donors (Lipinski definition) is 1. The number of piperidine rings is 1. The first-order valence-electron chi connectivity index (χ1n) is 10.7. The molecule has 0 aliphatic carbocycles. The van der Waals surface area contributed by atoms with E-state index in [2.05, 4.69) is 39.5 Å². The van der Waals surface area contributed by atoms with Gasteiger partial charge in [-0.1, -0.05) is 30.3 Å². The molecule has 0 unspecified atom stereocenters. The summed E-state index contributed by atoms with van der Waals surface area (Å²) in [6, 6.07) is 21.9. The van der Waals surface area contributed by atoms with Gasteiger partial charge >= 0.3 is 0 Å². The highest BCUT2D eigenvalue weighted by Gasteiger charge is 2.14. The summed E-state index contributed by atoms with van der Waals surface area (Å²) in [5.41, 5.74) is 5.15. The van der Waals surface area contributed by atoms with Crippen molar-refractivity contribution < 1.29 is 4.79 Å². The number of pyridine rings is 2. The predicted molar refractivity (Wildman–Crippen MR) is 125 cm³/mol. The van der Waals surface area contributed by atoms with Crippen LogP contribution in [0.4, 0.5) is 11.4 Å². The van der Waals surface area contributed by atoms with E-state index in [0.29, 0.717) is 16.8 Å². The molecule has 0 radical (unpaired) electrons. The van der Waals surface area contributed by atoms with Gasteiger partial charge in [-0.25, -0.2) is 4.98 Å². The zero-order valence-electron chi connectivity index (χ0n) is 17.3. The minimum atomic E-state index is -0.177. The second-order valence-corrected chi connectivity index (χ2v) is 7.86. The Morgan fingerprint density at radius 2 is 1.68 bits per heavy atom. The molecule has 2 aromatic heterocycles. The van der Waals surface area contributed by atoms with Gasteiger partial charge in [-0.05, 0) is 55.7 Å². The van der Waals surface area contributed by atoms with Crippen LogP contribution in [0.25, 0.3) is 22.2 Å². The highest BCUT2D eigenvalue weighted by Crippen LogP contribution is 2.28. The van der Waals surface area contributed by atoms with Gasteiger partial charge in [0.05, 0.1) is 16.8 Å². The van der Waals surface area contributed by atoms with Gasteiger partial charge in [-0.15, -0.1) is 0 Å². The number of rotatable bonds is 4. The lowest BCUT2D eigenvalue weighted by Crippen LogP contribution is -2.29. The molecule has 1 fully saturated rings. The number of fused-ring (bicyclic) bond motifs is 1. The van der Waals surface area contributed by atoms with Crippen molar-refractivity contribution in [2.24, 2.45) is 0 Å². The van der Waals surface area contributed by atoms with E-state index in [-0.39, 0.29) is 5.91 Å². The third-order valence-electron chi connectivity index (χ3n) is 5.77. The summed E-state index contributed by atoms with van der Waals surface area (Å²) in [5, 5.41) is 3.88. The van der Waals surface area contributed by atoms with Gasteiger partial charge in [0.25, 0.3) is 5.91 Å². The van der Waals surface area contributed by atoms with Crippen LogP contribution in [0.15, 0.2) is 79.1 Å². The largest absolute Gasteiger partial charge is 0.372 e. The summed E-state index contributed by atoms with van der Waals surface area (Å²) in [6.07, 6.45) is 7.12. The van der Waals surface area contributed by atoms with Crippen LogP contribution in [0.3, 0.4) is 0 Å². The Morgan fingerprint density at radius 1 is 0.871 bits per heavy atom. The van der Waals surface area contributed by atoms with Crippen LogP contribution in [0, 0.1) is 0 Å². The lowest BCUT2D eigenvalue weighted by Gasteiger charge is -2.29. The average Bonchev–Trinajstić information content (AvgIpc) is 2.84. The first-order valence-corrected chi connectivity index (χ1v) is 10.7. The van der Waals surface area contributed by atoms with E-state index in [4.69, 9.17) is 4.98 Å². The van der Waals surface area contributed by atoms with Gasteiger partial charge in [-0.2, -0.15) is 0 Å². The average molecular weight is 409 g/mol. The quantitative estimate of drug-likeness (QED) is 0.482. The van der Waals surface area contributed by atoms with Gasteiger partial charge in [0.1, 0.15) is 0 Å². The lowest BCUT2D eigenvalue weighted by atomic mass is 10.0. The van der Waals surface area contributed by atoms with Crippen molar-refractivity contribution in [3.8, 4) is 11.3 Å². The van der Waals surface area contributed by atoms with E-state index in [1.165, 1.54) is 24.9 Å². The van der Waals surface area contributed by atoms with Crippen molar-refractivity contribution in [3.63, 3.8) is 0 Å². The third-order valence-corrected chi connectivity index (χ3v) is 5.77. The molecule has 2 aromatic carbocycles. The number of carbonyl (C=O) groups is 1. The van der Waals surface area contributed by atoms with Crippen molar-refractivity contribution in [2.45, 2.75) is 19.3 Å². The topological polar surface area (TPSA) is 58.1 Å². The molecule has 1 N–H and O–H groups in total. The number of nitrogens with one attached hydrogen (secondary N) is 1. The van der Waals surface area contributed by atoms with Crippen LogP contribution in [0.1, 0.15) is 29.6 Å². The molecule has 154 valence electrons. The molecule has 1 amide bonds. The molecular formula is C26H24N4O. The standard InChI is InChI=1S/C26H24N4O/c31-26(28-21-12-14-27-15-13-21)23-9-5-6-19-10-11-24(29-25(19)23)20-7-4-8-22(18-20)30-16-2-1-3-17-30/h4-15,18H,1-3,16-17H2,(H,27,28,31). The van der Waals surface area contributed by atoms with E-state index in [1.807, 2.05) is 30.3 Å².